The number of rotatable bonds is 0. The van der Waals surface area contributed by atoms with Crippen molar-refractivity contribution in [1.29, 1.82) is 0 Å². The second kappa shape index (κ2) is 2.33. The van der Waals surface area contributed by atoms with Crippen LogP contribution in [0.1, 0.15) is 0 Å². The van der Waals surface area contributed by atoms with E-state index in [2.05, 4.69) is 11.1 Å². The summed E-state index contributed by atoms with van der Waals surface area (Å²) >= 11 is 0. The third-order valence-electron chi connectivity index (χ3n) is 2.18. The van der Waals surface area contributed by atoms with Crippen LogP contribution in [0, 0.1) is 0 Å². The summed E-state index contributed by atoms with van der Waals surface area (Å²) in [6.45, 7) is 0. The minimum absolute atomic E-state index is 0.851. The molecule has 0 unspecified atom stereocenters. The summed E-state index contributed by atoms with van der Waals surface area (Å²) in [6, 6.07) is 9.98. The van der Waals surface area contributed by atoms with Gasteiger partial charge in [0.1, 0.15) is 5.58 Å². The first-order valence-corrected chi connectivity index (χ1v) is 4.16. The van der Waals surface area contributed by atoms with Gasteiger partial charge in [-0.25, -0.2) is 0 Å². The van der Waals surface area contributed by atoms with E-state index in [0.29, 0.717) is 0 Å². The molecule has 0 saturated carbocycles. The molecular formula is C11H7NO. The third kappa shape index (κ3) is 0.855. The lowest BCUT2D eigenvalue weighted by molar-refractivity contribution is 0.667. The van der Waals surface area contributed by atoms with Gasteiger partial charge in [0, 0.05) is 17.0 Å². The zero-order valence-electron chi connectivity index (χ0n) is 6.90. The van der Waals surface area contributed by atoms with Crippen molar-refractivity contribution >= 4 is 21.9 Å². The molecule has 0 saturated heterocycles. The topological polar surface area (TPSA) is 26.0 Å². The van der Waals surface area contributed by atoms with Crippen LogP contribution in [0.4, 0.5) is 0 Å². The van der Waals surface area contributed by atoms with Crippen LogP contribution in [0.25, 0.3) is 21.9 Å². The first kappa shape index (κ1) is 6.66. The molecule has 0 radical (unpaired) electrons. The predicted molar refractivity (Wildman–Crippen MR) is 51.5 cm³/mol. The molecule has 0 aliphatic carbocycles. The molecule has 2 aromatic heterocycles. The van der Waals surface area contributed by atoms with Gasteiger partial charge in [-0.1, -0.05) is 18.2 Å². The molecule has 13 heavy (non-hydrogen) atoms. The van der Waals surface area contributed by atoms with Gasteiger partial charge in [0.15, 0.2) is 5.58 Å². The van der Waals surface area contributed by atoms with E-state index >= 15 is 0 Å². The highest BCUT2D eigenvalue weighted by atomic mass is 16.3. The van der Waals surface area contributed by atoms with E-state index in [1.807, 2.05) is 24.3 Å². The highest BCUT2D eigenvalue weighted by molar-refractivity contribution is 6.04. The summed E-state index contributed by atoms with van der Waals surface area (Å²) in [5.74, 6) is 0. The van der Waals surface area contributed by atoms with Gasteiger partial charge in [-0.2, -0.15) is 0 Å². The first-order valence-electron chi connectivity index (χ1n) is 4.16. The van der Waals surface area contributed by atoms with Gasteiger partial charge in [0.05, 0.1) is 6.20 Å². The summed E-state index contributed by atoms with van der Waals surface area (Å²) in [6.07, 6.45) is 3.53. The molecule has 3 aromatic rings. The Hall–Kier alpha value is -1.83. The van der Waals surface area contributed by atoms with Crippen molar-refractivity contribution in [3.8, 4) is 0 Å². The molecule has 0 atom stereocenters. The van der Waals surface area contributed by atoms with Gasteiger partial charge in [0.2, 0.25) is 0 Å². The predicted octanol–water partition coefficient (Wildman–Crippen LogP) is 2.98. The standard InChI is InChI=1S/C11H7NO/c1-2-4-10-8(3-1)9-5-6-12-7-11(9)13-10/h1-7H. The van der Waals surface area contributed by atoms with Crippen LogP contribution in [0.3, 0.4) is 0 Å². The largest absolute Gasteiger partial charge is 0.454 e. The van der Waals surface area contributed by atoms with Gasteiger partial charge in [0.25, 0.3) is 0 Å². The molecule has 0 amide bonds. The van der Waals surface area contributed by atoms with Crippen molar-refractivity contribution in [2.75, 3.05) is 0 Å². The highest BCUT2D eigenvalue weighted by Crippen LogP contribution is 2.26. The Labute approximate surface area is 74.8 Å². The summed E-state index contributed by atoms with van der Waals surface area (Å²) < 4.78 is 5.59. The van der Waals surface area contributed by atoms with Crippen LogP contribution in [-0.2, 0) is 0 Å². The van der Waals surface area contributed by atoms with Crippen molar-refractivity contribution in [3.63, 3.8) is 0 Å². The molecule has 0 aliphatic heterocycles. The van der Waals surface area contributed by atoms with Crippen molar-refractivity contribution < 1.29 is 4.42 Å². The average Bonchev–Trinajstić information content (AvgIpc) is 2.56. The van der Waals surface area contributed by atoms with E-state index in [-0.39, 0.29) is 0 Å². The Morgan fingerprint density at radius 1 is 0.923 bits per heavy atom. The van der Waals surface area contributed by atoms with Crippen LogP contribution in [0.5, 0.6) is 0 Å². The summed E-state index contributed by atoms with van der Waals surface area (Å²) in [5.41, 5.74) is 1.77. The molecule has 1 aromatic carbocycles. The molecule has 0 fully saturated rings. The lowest BCUT2D eigenvalue weighted by Crippen LogP contribution is -1.67. The Balaban J connectivity index is 2.64. The smallest absolute Gasteiger partial charge is 0.153 e. The second-order valence-corrected chi connectivity index (χ2v) is 2.97. The molecule has 0 bridgehead atoms. The van der Waals surface area contributed by atoms with Gasteiger partial charge in [-0.3, -0.25) is 4.98 Å². The number of para-hydroxylation sites is 1. The highest BCUT2D eigenvalue weighted by Gasteiger charge is 2.03. The van der Waals surface area contributed by atoms with E-state index < -0.39 is 0 Å². The fourth-order valence-corrected chi connectivity index (χ4v) is 1.58. The number of fused-ring (bicyclic) bond motifs is 3. The number of furan rings is 1. The van der Waals surface area contributed by atoms with E-state index in [1.165, 1.54) is 0 Å². The summed E-state index contributed by atoms with van der Waals surface area (Å²) in [7, 11) is 0. The quantitative estimate of drug-likeness (QED) is 0.517. The van der Waals surface area contributed by atoms with E-state index in [1.54, 1.807) is 12.4 Å². The van der Waals surface area contributed by atoms with Crippen LogP contribution in [-0.4, -0.2) is 4.98 Å². The maximum Gasteiger partial charge on any atom is 0.153 e. The van der Waals surface area contributed by atoms with Crippen molar-refractivity contribution in [2.24, 2.45) is 0 Å². The van der Waals surface area contributed by atoms with E-state index in [4.69, 9.17) is 4.42 Å². The molecular weight excluding hydrogens is 162 g/mol. The SMILES string of the molecule is c1ccc2c(c1)oc1cnccc12. The number of pyridine rings is 1. The maximum atomic E-state index is 5.59. The Bertz CT molecular complexity index is 518. The maximum absolute atomic E-state index is 5.59. The lowest BCUT2D eigenvalue weighted by atomic mass is 10.2. The van der Waals surface area contributed by atoms with E-state index in [0.717, 1.165) is 21.9 Å². The molecule has 3 rings (SSSR count). The van der Waals surface area contributed by atoms with Crippen molar-refractivity contribution in [1.82, 2.24) is 4.98 Å². The van der Waals surface area contributed by atoms with Crippen LogP contribution in [0.15, 0.2) is 47.1 Å². The Morgan fingerprint density at radius 2 is 1.77 bits per heavy atom. The van der Waals surface area contributed by atoms with Gasteiger partial charge >= 0.3 is 0 Å². The number of nitrogens with zero attached hydrogens (tertiary/aromatic N) is 1. The lowest BCUT2D eigenvalue weighted by Gasteiger charge is -1.84. The number of hydrogen-bond donors (Lipinski definition) is 0. The minimum Gasteiger partial charge on any atom is -0.454 e. The Kier molecular flexibility index (Phi) is 1.19. The molecule has 2 heterocycles. The number of aromatic nitrogens is 1. The second-order valence-electron chi connectivity index (χ2n) is 2.97. The molecule has 2 heteroatoms. The fraction of sp³-hybridized carbons (Fsp3) is 0. The van der Waals surface area contributed by atoms with Gasteiger partial charge in [-0.15, -0.1) is 0 Å². The average molecular weight is 169 g/mol. The van der Waals surface area contributed by atoms with Crippen LogP contribution >= 0.6 is 0 Å². The Morgan fingerprint density at radius 3 is 2.77 bits per heavy atom. The van der Waals surface area contributed by atoms with E-state index in [9.17, 15) is 0 Å². The fourth-order valence-electron chi connectivity index (χ4n) is 1.58. The molecule has 0 aliphatic rings. The number of benzene rings is 1. The minimum atomic E-state index is 0.851. The molecule has 2 nitrogen and oxygen atoms in total. The molecule has 0 spiro atoms. The number of hydrogen-bond acceptors (Lipinski definition) is 2. The molecule has 62 valence electrons. The summed E-state index contributed by atoms with van der Waals surface area (Å²) in [5, 5.41) is 2.28. The summed E-state index contributed by atoms with van der Waals surface area (Å²) in [4.78, 5) is 4.01. The van der Waals surface area contributed by atoms with Crippen molar-refractivity contribution in [2.45, 2.75) is 0 Å². The van der Waals surface area contributed by atoms with Crippen molar-refractivity contribution in [3.05, 3.63) is 42.7 Å². The monoisotopic (exact) mass is 169 g/mol. The van der Waals surface area contributed by atoms with Crippen LogP contribution in [0.2, 0.25) is 0 Å². The zero-order valence-corrected chi connectivity index (χ0v) is 6.90. The molecule has 0 N–H and O–H groups in total. The van der Waals surface area contributed by atoms with Gasteiger partial charge in [-0.05, 0) is 12.1 Å². The normalized spacial score (nSPS) is 11.1. The van der Waals surface area contributed by atoms with Crippen LogP contribution < -0.4 is 0 Å². The third-order valence-corrected chi connectivity index (χ3v) is 2.18. The van der Waals surface area contributed by atoms with Gasteiger partial charge < -0.3 is 4.42 Å². The zero-order chi connectivity index (χ0) is 8.67. The first-order chi connectivity index (χ1) is 6.45.